The average molecular weight is 312 g/mol. The fourth-order valence-corrected chi connectivity index (χ4v) is 2.37. The number of rotatable bonds is 4. The van der Waals surface area contributed by atoms with Crippen molar-refractivity contribution >= 4 is 29.3 Å². The maximum atomic E-state index is 12.1. The molecule has 0 aliphatic carbocycles. The molecule has 0 spiro atoms. The van der Waals surface area contributed by atoms with Crippen LogP contribution in [0.1, 0.15) is 6.42 Å². The summed E-state index contributed by atoms with van der Waals surface area (Å²) < 4.78 is 0. The Morgan fingerprint density at radius 2 is 1.86 bits per heavy atom. The van der Waals surface area contributed by atoms with Crippen molar-refractivity contribution in [3.8, 4) is 0 Å². The lowest BCUT2D eigenvalue weighted by atomic mass is 10.3. The Balaban J connectivity index is 1.81. The van der Waals surface area contributed by atoms with Gasteiger partial charge >= 0.3 is 12.0 Å². The average Bonchev–Trinajstić information content (AvgIpc) is 2.48. The van der Waals surface area contributed by atoms with E-state index in [0.29, 0.717) is 43.4 Å². The molecule has 0 atom stereocenters. The predicted molar refractivity (Wildman–Crippen MR) is 80.7 cm³/mol. The van der Waals surface area contributed by atoms with E-state index < -0.39 is 5.97 Å². The molecule has 114 valence electrons. The van der Waals surface area contributed by atoms with Gasteiger partial charge in [-0.25, -0.2) is 4.79 Å². The van der Waals surface area contributed by atoms with Crippen LogP contribution >= 0.6 is 11.6 Å². The van der Waals surface area contributed by atoms with Crippen LogP contribution in [0.2, 0.25) is 5.02 Å². The maximum absolute atomic E-state index is 12.1. The molecule has 6 nitrogen and oxygen atoms in total. The second-order valence-corrected chi connectivity index (χ2v) is 5.29. The van der Waals surface area contributed by atoms with Crippen LogP contribution in [-0.2, 0) is 4.79 Å². The number of anilines is 1. The maximum Gasteiger partial charge on any atom is 0.321 e. The SMILES string of the molecule is O=C(O)CCN1CCN(C(=O)Nc2ccccc2Cl)CC1. The van der Waals surface area contributed by atoms with Crippen molar-refractivity contribution in [3.63, 3.8) is 0 Å². The van der Waals surface area contributed by atoms with Gasteiger partial charge in [-0.05, 0) is 12.1 Å². The van der Waals surface area contributed by atoms with Gasteiger partial charge in [0.25, 0.3) is 0 Å². The van der Waals surface area contributed by atoms with Crippen molar-refractivity contribution in [2.75, 3.05) is 38.0 Å². The van der Waals surface area contributed by atoms with Gasteiger partial charge in [0.1, 0.15) is 0 Å². The van der Waals surface area contributed by atoms with E-state index in [-0.39, 0.29) is 12.5 Å². The number of para-hydroxylation sites is 1. The second-order valence-electron chi connectivity index (χ2n) is 4.88. The van der Waals surface area contributed by atoms with Crippen LogP contribution in [0.25, 0.3) is 0 Å². The van der Waals surface area contributed by atoms with Gasteiger partial charge in [-0.3, -0.25) is 9.69 Å². The van der Waals surface area contributed by atoms with Crippen molar-refractivity contribution in [2.24, 2.45) is 0 Å². The summed E-state index contributed by atoms with van der Waals surface area (Å²) in [5, 5.41) is 12.0. The number of amides is 2. The first-order valence-corrected chi connectivity index (χ1v) is 7.18. The van der Waals surface area contributed by atoms with Crippen LogP contribution in [0.15, 0.2) is 24.3 Å². The van der Waals surface area contributed by atoms with Crippen LogP contribution < -0.4 is 5.32 Å². The van der Waals surface area contributed by atoms with E-state index in [1.54, 1.807) is 23.1 Å². The zero-order valence-corrected chi connectivity index (χ0v) is 12.3. The van der Waals surface area contributed by atoms with Crippen LogP contribution in [-0.4, -0.2) is 59.6 Å². The minimum Gasteiger partial charge on any atom is -0.481 e. The number of nitrogens with one attached hydrogen (secondary N) is 1. The fourth-order valence-electron chi connectivity index (χ4n) is 2.19. The molecule has 21 heavy (non-hydrogen) atoms. The number of piperazine rings is 1. The second kappa shape index (κ2) is 7.28. The normalized spacial score (nSPS) is 15.8. The predicted octanol–water partition coefficient (Wildman–Crippen LogP) is 1.96. The highest BCUT2D eigenvalue weighted by Crippen LogP contribution is 2.21. The zero-order valence-electron chi connectivity index (χ0n) is 11.6. The summed E-state index contributed by atoms with van der Waals surface area (Å²) in [6.45, 7) is 3.05. The number of halogens is 1. The first kappa shape index (κ1) is 15.6. The molecular formula is C14H18ClN3O3. The van der Waals surface area contributed by atoms with Crippen LogP contribution in [0.5, 0.6) is 0 Å². The summed E-state index contributed by atoms with van der Waals surface area (Å²) >= 11 is 6.00. The van der Waals surface area contributed by atoms with Gasteiger partial charge in [0, 0.05) is 32.7 Å². The summed E-state index contributed by atoms with van der Waals surface area (Å²) in [5.74, 6) is -0.797. The molecule has 1 aliphatic heterocycles. The van der Waals surface area contributed by atoms with Crippen molar-refractivity contribution in [1.82, 2.24) is 9.80 Å². The van der Waals surface area contributed by atoms with Gasteiger partial charge in [-0.15, -0.1) is 0 Å². The molecule has 1 aromatic carbocycles. The summed E-state index contributed by atoms with van der Waals surface area (Å²) in [6.07, 6.45) is 0.131. The Morgan fingerprint density at radius 1 is 1.19 bits per heavy atom. The molecule has 0 saturated carbocycles. The summed E-state index contributed by atoms with van der Waals surface area (Å²) in [7, 11) is 0. The largest absolute Gasteiger partial charge is 0.481 e. The molecule has 0 radical (unpaired) electrons. The number of carbonyl (C=O) groups excluding carboxylic acids is 1. The van der Waals surface area contributed by atoms with Crippen LogP contribution in [0.3, 0.4) is 0 Å². The van der Waals surface area contributed by atoms with E-state index in [4.69, 9.17) is 16.7 Å². The first-order chi connectivity index (χ1) is 10.1. The van der Waals surface area contributed by atoms with Crippen LogP contribution in [0.4, 0.5) is 10.5 Å². The van der Waals surface area contributed by atoms with Crippen molar-refractivity contribution in [2.45, 2.75) is 6.42 Å². The highest BCUT2D eigenvalue weighted by Gasteiger charge is 2.21. The van der Waals surface area contributed by atoms with E-state index in [1.807, 2.05) is 11.0 Å². The van der Waals surface area contributed by atoms with E-state index in [2.05, 4.69) is 5.32 Å². The lowest BCUT2D eigenvalue weighted by molar-refractivity contribution is -0.137. The fraction of sp³-hybridized carbons (Fsp3) is 0.429. The van der Waals surface area contributed by atoms with E-state index in [1.165, 1.54) is 0 Å². The van der Waals surface area contributed by atoms with Gasteiger partial charge < -0.3 is 15.3 Å². The quantitative estimate of drug-likeness (QED) is 0.891. The number of hydrogen-bond acceptors (Lipinski definition) is 3. The Morgan fingerprint density at radius 3 is 2.48 bits per heavy atom. The first-order valence-electron chi connectivity index (χ1n) is 6.81. The number of carboxylic acids is 1. The molecule has 2 N–H and O–H groups in total. The van der Waals surface area contributed by atoms with Gasteiger partial charge in [0.15, 0.2) is 0 Å². The molecule has 1 heterocycles. The lowest BCUT2D eigenvalue weighted by Gasteiger charge is -2.34. The standard InChI is InChI=1S/C14H18ClN3O3/c15-11-3-1-2-4-12(11)16-14(21)18-9-7-17(8-10-18)6-5-13(19)20/h1-4H,5-10H2,(H,16,21)(H,19,20). The topological polar surface area (TPSA) is 72.9 Å². The number of carbonyl (C=O) groups is 2. The molecule has 1 aromatic rings. The molecule has 2 rings (SSSR count). The number of hydrogen-bond donors (Lipinski definition) is 2. The Kier molecular flexibility index (Phi) is 5.41. The monoisotopic (exact) mass is 311 g/mol. The lowest BCUT2D eigenvalue weighted by Crippen LogP contribution is -2.50. The van der Waals surface area contributed by atoms with Gasteiger partial charge in [-0.1, -0.05) is 23.7 Å². The highest BCUT2D eigenvalue weighted by molar-refractivity contribution is 6.33. The Hall–Kier alpha value is -1.79. The molecule has 0 bridgehead atoms. The number of aliphatic carboxylic acids is 1. The van der Waals surface area contributed by atoms with Gasteiger partial charge in [0.2, 0.25) is 0 Å². The molecule has 1 saturated heterocycles. The minimum atomic E-state index is -0.797. The molecule has 1 fully saturated rings. The van der Waals surface area contributed by atoms with Gasteiger partial charge in [-0.2, -0.15) is 0 Å². The molecule has 7 heteroatoms. The molecule has 0 unspecified atom stereocenters. The third-order valence-electron chi connectivity index (χ3n) is 3.42. The summed E-state index contributed by atoms with van der Waals surface area (Å²) in [6, 6.07) is 6.91. The van der Waals surface area contributed by atoms with Crippen LogP contribution in [0, 0.1) is 0 Å². The summed E-state index contributed by atoms with van der Waals surface area (Å²) in [4.78, 5) is 26.4. The van der Waals surface area contributed by atoms with Crippen molar-refractivity contribution < 1.29 is 14.7 Å². The third-order valence-corrected chi connectivity index (χ3v) is 3.75. The Bertz CT molecular complexity index is 516. The number of carboxylic acid groups (broad SMARTS) is 1. The number of nitrogens with zero attached hydrogens (tertiary/aromatic N) is 2. The smallest absolute Gasteiger partial charge is 0.321 e. The Labute approximate surface area is 128 Å². The summed E-state index contributed by atoms with van der Waals surface area (Å²) in [5.41, 5.74) is 0.595. The molecule has 0 aromatic heterocycles. The van der Waals surface area contributed by atoms with E-state index in [0.717, 1.165) is 0 Å². The van der Waals surface area contributed by atoms with Crippen molar-refractivity contribution in [3.05, 3.63) is 29.3 Å². The van der Waals surface area contributed by atoms with Crippen molar-refractivity contribution in [1.29, 1.82) is 0 Å². The third kappa shape index (κ3) is 4.61. The van der Waals surface area contributed by atoms with E-state index in [9.17, 15) is 9.59 Å². The molecule has 1 aliphatic rings. The number of urea groups is 1. The molecular weight excluding hydrogens is 294 g/mol. The highest BCUT2D eigenvalue weighted by atomic mass is 35.5. The minimum absolute atomic E-state index is 0.131. The van der Waals surface area contributed by atoms with E-state index >= 15 is 0 Å². The molecule has 2 amide bonds. The zero-order chi connectivity index (χ0) is 15.2. The van der Waals surface area contributed by atoms with Gasteiger partial charge in [0.05, 0.1) is 17.1 Å². The number of benzene rings is 1.